The Morgan fingerprint density at radius 3 is 2.59 bits per heavy atom. The number of rotatable bonds is 4. The minimum atomic E-state index is -0.231. The third kappa shape index (κ3) is 2.67. The number of hydrogen-bond donors (Lipinski definition) is 1. The van der Waals surface area contributed by atoms with E-state index in [0.717, 1.165) is 12.8 Å². The summed E-state index contributed by atoms with van der Waals surface area (Å²) in [6.45, 7) is 11.5. The van der Waals surface area contributed by atoms with E-state index < -0.39 is 0 Å². The summed E-state index contributed by atoms with van der Waals surface area (Å²) < 4.78 is 6.43. The molecule has 2 saturated heterocycles. The van der Waals surface area contributed by atoms with Crippen molar-refractivity contribution in [2.24, 2.45) is 23.7 Å². The molecule has 0 saturated carbocycles. The van der Waals surface area contributed by atoms with Gasteiger partial charge in [0.2, 0.25) is 0 Å². The van der Waals surface area contributed by atoms with Crippen molar-refractivity contribution < 1.29 is 9.84 Å². The summed E-state index contributed by atoms with van der Waals surface area (Å²) >= 11 is 0. The smallest absolute Gasteiger partial charge is 0.0754 e. The maximum Gasteiger partial charge on any atom is 0.0754 e. The zero-order valence-corrected chi connectivity index (χ0v) is 15.1. The molecule has 0 spiro atoms. The van der Waals surface area contributed by atoms with Crippen LogP contribution in [0.5, 0.6) is 0 Å². The lowest BCUT2D eigenvalue weighted by atomic mass is 9.66. The topological polar surface area (TPSA) is 29.5 Å². The van der Waals surface area contributed by atoms with Crippen molar-refractivity contribution in [1.82, 2.24) is 0 Å². The molecular formula is C20H34O2. The third-order valence-electron chi connectivity index (χ3n) is 7.37. The van der Waals surface area contributed by atoms with Crippen LogP contribution in [0.1, 0.15) is 73.1 Å². The van der Waals surface area contributed by atoms with Gasteiger partial charge in [-0.2, -0.15) is 0 Å². The first-order chi connectivity index (χ1) is 10.3. The van der Waals surface area contributed by atoms with E-state index >= 15 is 0 Å². The van der Waals surface area contributed by atoms with Gasteiger partial charge in [-0.1, -0.05) is 25.5 Å². The Labute approximate surface area is 136 Å². The largest absolute Gasteiger partial charge is 0.389 e. The highest BCUT2D eigenvalue weighted by molar-refractivity contribution is 5.10. The zero-order valence-electron chi connectivity index (χ0n) is 15.1. The Kier molecular flexibility index (Phi) is 4.23. The lowest BCUT2D eigenvalue weighted by Gasteiger charge is -2.36. The van der Waals surface area contributed by atoms with Crippen molar-refractivity contribution in [2.45, 2.75) is 90.4 Å². The maximum absolute atomic E-state index is 10.3. The summed E-state index contributed by atoms with van der Waals surface area (Å²) in [6.07, 6.45) is 9.07. The molecule has 126 valence electrons. The Hall–Kier alpha value is -0.340. The van der Waals surface area contributed by atoms with Crippen LogP contribution in [0.25, 0.3) is 0 Å². The summed E-state index contributed by atoms with van der Waals surface area (Å²) in [7, 11) is 0. The predicted molar refractivity (Wildman–Crippen MR) is 90.7 cm³/mol. The number of fused-ring (bicyclic) bond motifs is 2. The van der Waals surface area contributed by atoms with Crippen molar-refractivity contribution in [3.8, 4) is 0 Å². The third-order valence-corrected chi connectivity index (χ3v) is 7.37. The highest BCUT2D eigenvalue weighted by Gasteiger charge is 2.60. The lowest BCUT2D eigenvalue weighted by Crippen LogP contribution is -2.37. The first kappa shape index (κ1) is 16.5. The quantitative estimate of drug-likeness (QED) is 0.762. The predicted octanol–water partition coefficient (Wildman–Crippen LogP) is 4.71. The van der Waals surface area contributed by atoms with E-state index in [0.29, 0.717) is 23.7 Å². The molecule has 0 aromatic carbocycles. The molecule has 0 aromatic heterocycles. The van der Waals surface area contributed by atoms with Crippen molar-refractivity contribution in [2.75, 3.05) is 0 Å². The van der Waals surface area contributed by atoms with Crippen LogP contribution >= 0.6 is 0 Å². The maximum atomic E-state index is 10.3. The fourth-order valence-electron chi connectivity index (χ4n) is 5.56. The van der Waals surface area contributed by atoms with Gasteiger partial charge in [-0.3, -0.25) is 0 Å². The molecular weight excluding hydrogens is 272 g/mol. The summed E-state index contributed by atoms with van der Waals surface area (Å²) in [5.41, 5.74) is 1.58. The monoisotopic (exact) mass is 306 g/mol. The molecule has 7 atom stereocenters. The molecule has 1 aliphatic carbocycles. The van der Waals surface area contributed by atoms with Crippen LogP contribution in [0.3, 0.4) is 0 Å². The molecule has 2 aliphatic heterocycles. The van der Waals surface area contributed by atoms with E-state index in [1.54, 1.807) is 0 Å². The Bertz CT molecular complexity index is 457. The summed E-state index contributed by atoms with van der Waals surface area (Å²) in [6, 6.07) is 0. The minimum Gasteiger partial charge on any atom is -0.389 e. The van der Waals surface area contributed by atoms with Crippen LogP contribution in [0, 0.1) is 23.7 Å². The highest BCUT2D eigenvalue weighted by atomic mass is 16.5. The number of aliphatic hydroxyl groups excluding tert-OH is 1. The van der Waals surface area contributed by atoms with Crippen LogP contribution in [-0.2, 0) is 4.74 Å². The molecule has 0 radical (unpaired) electrons. The van der Waals surface area contributed by atoms with Crippen molar-refractivity contribution in [3.63, 3.8) is 0 Å². The second-order valence-corrected chi connectivity index (χ2v) is 8.88. The molecule has 1 N–H and O–H groups in total. The van der Waals surface area contributed by atoms with Gasteiger partial charge in [0.1, 0.15) is 0 Å². The van der Waals surface area contributed by atoms with Gasteiger partial charge in [0.15, 0.2) is 0 Å². The first-order valence-corrected chi connectivity index (χ1v) is 9.31. The molecule has 0 aromatic rings. The molecule has 2 bridgehead atoms. The number of ether oxygens (including phenoxy) is 1. The lowest BCUT2D eigenvalue weighted by molar-refractivity contribution is -0.0434. The van der Waals surface area contributed by atoms with Crippen LogP contribution in [-0.4, -0.2) is 22.4 Å². The van der Waals surface area contributed by atoms with E-state index in [9.17, 15) is 5.11 Å². The minimum absolute atomic E-state index is 0.107. The summed E-state index contributed by atoms with van der Waals surface area (Å²) in [5, 5.41) is 10.3. The van der Waals surface area contributed by atoms with Gasteiger partial charge in [-0.15, -0.1) is 0 Å². The van der Waals surface area contributed by atoms with E-state index in [1.165, 1.54) is 31.3 Å². The zero-order chi connectivity index (χ0) is 16.1. The van der Waals surface area contributed by atoms with E-state index in [2.05, 4.69) is 40.7 Å². The summed E-state index contributed by atoms with van der Waals surface area (Å²) in [4.78, 5) is 0. The summed E-state index contributed by atoms with van der Waals surface area (Å²) in [5.74, 6) is 2.40. The normalized spacial score (nSPS) is 49.3. The van der Waals surface area contributed by atoms with E-state index in [1.807, 2.05) is 0 Å². The van der Waals surface area contributed by atoms with E-state index in [4.69, 9.17) is 4.74 Å². The van der Waals surface area contributed by atoms with Gasteiger partial charge in [0.05, 0.1) is 17.3 Å². The van der Waals surface area contributed by atoms with Crippen molar-refractivity contribution in [3.05, 3.63) is 11.6 Å². The Balaban J connectivity index is 1.59. The van der Waals surface area contributed by atoms with Gasteiger partial charge < -0.3 is 9.84 Å². The van der Waals surface area contributed by atoms with Gasteiger partial charge in [-0.05, 0) is 83.0 Å². The molecule has 2 heterocycles. The van der Waals surface area contributed by atoms with Gasteiger partial charge in [-0.25, -0.2) is 0 Å². The second-order valence-electron chi connectivity index (χ2n) is 8.88. The highest BCUT2D eigenvalue weighted by Crippen LogP contribution is 2.58. The fourth-order valence-corrected chi connectivity index (χ4v) is 5.56. The molecule has 2 heteroatoms. The van der Waals surface area contributed by atoms with Crippen LogP contribution in [0.4, 0.5) is 0 Å². The van der Waals surface area contributed by atoms with Crippen LogP contribution in [0.15, 0.2) is 11.6 Å². The standard InChI is InChI=1S/C20H34O2/c1-13-6-8-16(18(21)12-13)14(2)7-9-17-15(3)19(4)10-11-20(17,5)22-19/h12,14-18,21H,6-11H2,1-5H3/t14-,15+,16+,17+,18-,19-,20+/m0/s1. The Morgan fingerprint density at radius 1 is 1.32 bits per heavy atom. The molecule has 2 fully saturated rings. The second kappa shape index (κ2) is 5.63. The molecule has 0 unspecified atom stereocenters. The molecule has 22 heavy (non-hydrogen) atoms. The number of aliphatic hydroxyl groups is 1. The van der Waals surface area contributed by atoms with Crippen molar-refractivity contribution >= 4 is 0 Å². The molecule has 3 rings (SSSR count). The van der Waals surface area contributed by atoms with Crippen molar-refractivity contribution in [1.29, 1.82) is 0 Å². The molecule has 0 amide bonds. The van der Waals surface area contributed by atoms with Gasteiger partial charge >= 0.3 is 0 Å². The van der Waals surface area contributed by atoms with Crippen LogP contribution in [0.2, 0.25) is 0 Å². The average molecular weight is 306 g/mol. The SMILES string of the molecule is CC1=C[C@H](O)[C@@H]([C@@H](C)CC[C@@H]2[C@@H](C)[C@]3(C)CC[C@@]2(C)O3)CC1. The first-order valence-electron chi connectivity index (χ1n) is 9.31. The molecule has 3 aliphatic rings. The fraction of sp³-hybridized carbons (Fsp3) is 0.900. The van der Waals surface area contributed by atoms with Crippen LogP contribution < -0.4 is 0 Å². The Morgan fingerprint density at radius 2 is 2.00 bits per heavy atom. The number of allylic oxidation sites excluding steroid dienone is 1. The number of hydrogen-bond acceptors (Lipinski definition) is 2. The van der Waals surface area contributed by atoms with Gasteiger partial charge in [0, 0.05) is 0 Å². The molecule has 2 nitrogen and oxygen atoms in total. The van der Waals surface area contributed by atoms with Gasteiger partial charge in [0.25, 0.3) is 0 Å². The average Bonchev–Trinajstić information content (AvgIpc) is 2.84. The van der Waals surface area contributed by atoms with E-state index in [-0.39, 0.29) is 17.3 Å².